The van der Waals surface area contributed by atoms with E-state index in [-0.39, 0.29) is 17.5 Å². The van der Waals surface area contributed by atoms with Crippen LogP contribution >= 0.6 is 0 Å². The number of carbonyl (C=O) groups excluding carboxylic acids is 1. The molecule has 2 aromatic rings. The first-order chi connectivity index (χ1) is 15.4. The number of nitrogens with one attached hydrogen (secondary N) is 1. The number of anilines is 1. The highest BCUT2D eigenvalue weighted by atomic mass is 16.5. The minimum absolute atomic E-state index is 0.0270. The number of H-pyrrole nitrogens is 1. The Labute approximate surface area is 189 Å². The van der Waals surface area contributed by atoms with Gasteiger partial charge in [-0.15, -0.1) is 0 Å². The van der Waals surface area contributed by atoms with Gasteiger partial charge in [-0.25, -0.2) is 4.98 Å². The van der Waals surface area contributed by atoms with Crippen LogP contribution in [0.2, 0.25) is 0 Å². The first-order valence-electron chi connectivity index (χ1n) is 11.0. The molecule has 3 rings (SSSR count). The van der Waals surface area contributed by atoms with Crippen molar-refractivity contribution in [2.24, 2.45) is 0 Å². The SMILES string of the molecule is CCN(c1cc(-c2ccnc(OC)c2)c[nH]c1=O)[C@@H]1CCCN(C(=O)C=CCN(C)C)C1. The van der Waals surface area contributed by atoms with Crippen molar-refractivity contribution in [3.8, 4) is 17.0 Å². The number of aromatic nitrogens is 2. The molecular weight excluding hydrogens is 406 g/mol. The first-order valence-corrected chi connectivity index (χ1v) is 11.0. The number of methoxy groups -OCH3 is 1. The lowest BCUT2D eigenvalue weighted by Gasteiger charge is -2.39. The molecule has 1 aliphatic heterocycles. The Kier molecular flexibility index (Phi) is 8.05. The molecule has 1 amide bonds. The van der Waals surface area contributed by atoms with Crippen molar-refractivity contribution < 1.29 is 9.53 Å². The second-order valence-corrected chi connectivity index (χ2v) is 8.22. The third-order valence-electron chi connectivity index (χ3n) is 5.69. The molecule has 0 aromatic carbocycles. The molecule has 0 bridgehead atoms. The van der Waals surface area contributed by atoms with Gasteiger partial charge in [-0.2, -0.15) is 0 Å². The highest BCUT2D eigenvalue weighted by molar-refractivity contribution is 5.87. The minimum Gasteiger partial charge on any atom is -0.481 e. The number of hydrogen-bond acceptors (Lipinski definition) is 6. The van der Waals surface area contributed by atoms with Gasteiger partial charge in [0.15, 0.2) is 0 Å². The molecule has 32 heavy (non-hydrogen) atoms. The largest absolute Gasteiger partial charge is 0.481 e. The number of piperidine rings is 1. The summed E-state index contributed by atoms with van der Waals surface area (Å²) in [7, 11) is 5.52. The number of carbonyl (C=O) groups is 1. The molecule has 0 spiro atoms. The predicted octanol–water partition coefficient (Wildman–Crippen LogP) is 2.38. The van der Waals surface area contributed by atoms with Gasteiger partial charge in [0.1, 0.15) is 5.69 Å². The van der Waals surface area contributed by atoms with Crippen LogP contribution in [0, 0.1) is 0 Å². The molecule has 0 unspecified atom stereocenters. The van der Waals surface area contributed by atoms with Crippen molar-refractivity contribution in [3.63, 3.8) is 0 Å². The Hall–Kier alpha value is -3.13. The fourth-order valence-electron chi connectivity index (χ4n) is 4.06. The zero-order chi connectivity index (χ0) is 23.1. The number of ether oxygens (including phenoxy) is 1. The maximum atomic E-state index is 12.8. The van der Waals surface area contributed by atoms with Gasteiger partial charge in [-0.3, -0.25) is 9.59 Å². The van der Waals surface area contributed by atoms with Gasteiger partial charge in [0.05, 0.1) is 7.11 Å². The maximum Gasteiger partial charge on any atom is 0.271 e. The van der Waals surface area contributed by atoms with Gasteiger partial charge in [0.25, 0.3) is 5.56 Å². The summed E-state index contributed by atoms with van der Waals surface area (Å²) in [6, 6.07) is 5.73. The zero-order valence-corrected chi connectivity index (χ0v) is 19.4. The molecule has 0 radical (unpaired) electrons. The van der Waals surface area contributed by atoms with Crippen molar-refractivity contribution >= 4 is 11.6 Å². The fraction of sp³-hybridized carbons (Fsp3) is 0.458. The number of amides is 1. The summed E-state index contributed by atoms with van der Waals surface area (Å²) >= 11 is 0. The molecule has 3 heterocycles. The molecule has 0 saturated carbocycles. The first kappa shape index (κ1) is 23.5. The monoisotopic (exact) mass is 439 g/mol. The zero-order valence-electron chi connectivity index (χ0n) is 19.4. The van der Waals surface area contributed by atoms with Crippen LogP contribution in [0.4, 0.5) is 5.69 Å². The molecule has 1 aliphatic rings. The number of hydrogen-bond donors (Lipinski definition) is 1. The summed E-state index contributed by atoms with van der Waals surface area (Å²) in [6.07, 6.45) is 8.79. The molecule has 8 heteroatoms. The average Bonchev–Trinajstić information content (AvgIpc) is 2.80. The Morgan fingerprint density at radius 3 is 2.88 bits per heavy atom. The molecule has 1 atom stereocenters. The molecule has 0 aliphatic carbocycles. The Morgan fingerprint density at radius 2 is 2.16 bits per heavy atom. The van der Waals surface area contributed by atoms with Gasteiger partial charge >= 0.3 is 0 Å². The van der Waals surface area contributed by atoms with Crippen LogP contribution in [-0.4, -0.2) is 79.1 Å². The van der Waals surface area contributed by atoms with Crippen LogP contribution in [0.25, 0.3) is 11.1 Å². The summed E-state index contributed by atoms with van der Waals surface area (Å²) in [6.45, 7) is 4.79. The highest BCUT2D eigenvalue weighted by Gasteiger charge is 2.28. The summed E-state index contributed by atoms with van der Waals surface area (Å²) in [4.78, 5) is 38.5. The summed E-state index contributed by atoms with van der Waals surface area (Å²) in [5.74, 6) is 0.547. The minimum atomic E-state index is -0.133. The van der Waals surface area contributed by atoms with E-state index in [9.17, 15) is 9.59 Å². The van der Waals surface area contributed by atoms with Crippen LogP contribution in [-0.2, 0) is 4.79 Å². The van der Waals surface area contributed by atoms with Gasteiger partial charge in [0.2, 0.25) is 11.8 Å². The topological polar surface area (TPSA) is 81.8 Å². The van der Waals surface area contributed by atoms with E-state index >= 15 is 0 Å². The van der Waals surface area contributed by atoms with Crippen molar-refractivity contribution in [1.82, 2.24) is 19.8 Å². The van der Waals surface area contributed by atoms with Crippen molar-refractivity contribution in [3.05, 3.63) is 53.1 Å². The van der Waals surface area contributed by atoms with Gasteiger partial charge in [-0.1, -0.05) is 6.08 Å². The van der Waals surface area contributed by atoms with Gasteiger partial charge in [-0.05, 0) is 51.6 Å². The highest BCUT2D eigenvalue weighted by Crippen LogP contribution is 2.26. The van der Waals surface area contributed by atoms with Gasteiger partial charge < -0.3 is 24.4 Å². The summed E-state index contributed by atoms with van der Waals surface area (Å²) < 4.78 is 5.23. The number of pyridine rings is 2. The van der Waals surface area contributed by atoms with Crippen LogP contribution < -0.4 is 15.2 Å². The maximum absolute atomic E-state index is 12.8. The fourth-order valence-corrected chi connectivity index (χ4v) is 4.06. The van der Waals surface area contributed by atoms with Crippen LogP contribution in [0.3, 0.4) is 0 Å². The third-order valence-corrected chi connectivity index (χ3v) is 5.69. The van der Waals surface area contributed by atoms with E-state index < -0.39 is 0 Å². The van der Waals surface area contributed by atoms with Crippen molar-refractivity contribution in [2.45, 2.75) is 25.8 Å². The van der Waals surface area contributed by atoms with E-state index in [0.717, 1.165) is 37.1 Å². The average molecular weight is 440 g/mol. The molecular formula is C24H33N5O3. The number of rotatable bonds is 8. The van der Waals surface area contributed by atoms with Crippen LogP contribution in [0.1, 0.15) is 19.8 Å². The summed E-state index contributed by atoms with van der Waals surface area (Å²) in [5, 5.41) is 0. The van der Waals surface area contributed by atoms with Crippen molar-refractivity contribution in [1.29, 1.82) is 0 Å². The van der Waals surface area contributed by atoms with E-state index in [4.69, 9.17) is 4.74 Å². The number of nitrogens with zero attached hydrogens (tertiary/aromatic N) is 4. The standard InChI is InChI=1S/C24H33N5O3/c1-5-29(20-8-6-13-28(17-20)23(30)9-7-12-27(2)3)21-14-19(16-26-24(21)31)18-10-11-25-22(15-18)32-4/h7,9-11,14-16,20H,5-6,8,12-13,17H2,1-4H3,(H,26,31)/t20-/m1/s1. The molecule has 1 saturated heterocycles. The Bertz CT molecular complexity index is 1000. The molecule has 1 fully saturated rings. The van der Waals surface area contributed by atoms with Crippen LogP contribution in [0.5, 0.6) is 5.88 Å². The summed E-state index contributed by atoms with van der Waals surface area (Å²) in [5.41, 5.74) is 2.28. The predicted molar refractivity (Wildman–Crippen MR) is 127 cm³/mol. The van der Waals surface area contributed by atoms with E-state index in [0.29, 0.717) is 24.7 Å². The van der Waals surface area contributed by atoms with Crippen LogP contribution in [0.15, 0.2) is 47.5 Å². The number of likely N-dealkylation sites (tertiary alicyclic amines) is 1. The second-order valence-electron chi connectivity index (χ2n) is 8.22. The smallest absolute Gasteiger partial charge is 0.271 e. The molecule has 172 valence electrons. The van der Waals surface area contributed by atoms with E-state index in [1.807, 2.05) is 55.1 Å². The Balaban J connectivity index is 1.82. The lowest BCUT2D eigenvalue weighted by molar-refractivity contribution is -0.127. The van der Waals surface area contributed by atoms with E-state index in [2.05, 4.69) is 14.9 Å². The van der Waals surface area contributed by atoms with E-state index in [1.54, 1.807) is 25.6 Å². The normalized spacial score (nSPS) is 16.5. The second kappa shape index (κ2) is 10.9. The molecule has 8 nitrogen and oxygen atoms in total. The number of aromatic amines is 1. The third kappa shape index (κ3) is 5.76. The Morgan fingerprint density at radius 1 is 1.34 bits per heavy atom. The lowest BCUT2D eigenvalue weighted by Crippen LogP contribution is -2.50. The quantitative estimate of drug-likeness (QED) is 0.636. The van der Waals surface area contributed by atoms with E-state index in [1.165, 1.54) is 0 Å². The lowest BCUT2D eigenvalue weighted by atomic mass is 10.0. The van der Waals surface area contributed by atoms with Crippen molar-refractivity contribution in [2.75, 3.05) is 52.3 Å². The molecule has 2 aromatic heterocycles. The molecule has 1 N–H and O–H groups in total. The number of likely N-dealkylation sites (N-methyl/N-ethyl adjacent to an activating group) is 2. The van der Waals surface area contributed by atoms with Gasteiger partial charge in [0, 0.05) is 62.3 Å².